The van der Waals surface area contributed by atoms with Crippen LogP contribution >= 0.6 is 0 Å². The SMILES string of the molecule is CCCNC1CCC(C)CC1N1CCCC1(C)C. The summed E-state index contributed by atoms with van der Waals surface area (Å²) in [7, 11) is 0. The van der Waals surface area contributed by atoms with Gasteiger partial charge in [-0.1, -0.05) is 13.8 Å². The number of nitrogens with one attached hydrogen (secondary N) is 1. The topological polar surface area (TPSA) is 15.3 Å². The average molecular weight is 252 g/mol. The summed E-state index contributed by atoms with van der Waals surface area (Å²) in [5, 5.41) is 3.81. The van der Waals surface area contributed by atoms with Crippen LogP contribution in [0.3, 0.4) is 0 Å². The molecule has 2 nitrogen and oxygen atoms in total. The first-order chi connectivity index (χ1) is 8.54. The van der Waals surface area contributed by atoms with E-state index in [2.05, 4.69) is 37.9 Å². The van der Waals surface area contributed by atoms with Gasteiger partial charge >= 0.3 is 0 Å². The van der Waals surface area contributed by atoms with Crippen molar-refractivity contribution in [2.75, 3.05) is 13.1 Å². The Labute approximate surface area is 114 Å². The van der Waals surface area contributed by atoms with Gasteiger partial charge in [-0.3, -0.25) is 4.90 Å². The summed E-state index contributed by atoms with van der Waals surface area (Å²) in [5.74, 6) is 0.908. The summed E-state index contributed by atoms with van der Waals surface area (Å²) in [6.07, 6.45) is 8.19. The van der Waals surface area contributed by atoms with Crippen LogP contribution in [0.2, 0.25) is 0 Å². The lowest BCUT2D eigenvalue weighted by Crippen LogP contribution is -2.57. The van der Waals surface area contributed by atoms with Crippen LogP contribution in [-0.2, 0) is 0 Å². The lowest BCUT2D eigenvalue weighted by molar-refractivity contribution is 0.0519. The third-order valence-electron chi connectivity index (χ3n) is 5.10. The monoisotopic (exact) mass is 252 g/mol. The number of rotatable bonds is 4. The van der Waals surface area contributed by atoms with Gasteiger partial charge in [0.2, 0.25) is 0 Å². The second-order valence-electron chi connectivity index (χ2n) is 7.16. The highest BCUT2D eigenvalue weighted by Gasteiger charge is 2.41. The van der Waals surface area contributed by atoms with Crippen molar-refractivity contribution >= 4 is 0 Å². The van der Waals surface area contributed by atoms with Crippen molar-refractivity contribution in [1.82, 2.24) is 10.2 Å². The minimum absolute atomic E-state index is 0.424. The van der Waals surface area contributed by atoms with Crippen molar-refractivity contribution in [3.63, 3.8) is 0 Å². The summed E-state index contributed by atoms with van der Waals surface area (Å²) in [6, 6.07) is 1.51. The van der Waals surface area contributed by atoms with Crippen molar-refractivity contribution in [2.45, 2.75) is 83.8 Å². The van der Waals surface area contributed by atoms with Crippen molar-refractivity contribution in [1.29, 1.82) is 0 Å². The smallest absolute Gasteiger partial charge is 0.0257 e. The minimum Gasteiger partial charge on any atom is -0.312 e. The summed E-state index contributed by atoms with van der Waals surface area (Å²) < 4.78 is 0. The number of hydrogen-bond donors (Lipinski definition) is 1. The van der Waals surface area contributed by atoms with Gasteiger partial charge in [-0.15, -0.1) is 0 Å². The molecule has 1 aliphatic heterocycles. The number of nitrogens with zero attached hydrogens (tertiary/aromatic N) is 1. The Morgan fingerprint density at radius 2 is 2.06 bits per heavy atom. The molecule has 106 valence electrons. The van der Waals surface area contributed by atoms with Gasteiger partial charge in [0.05, 0.1) is 0 Å². The molecule has 1 heterocycles. The van der Waals surface area contributed by atoms with Crippen LogP contribution in [0.5, 0.6) is 0 Å². The molecule has 2 rings (SSSR count). The molecule has 0 amide bonds. The van der Waals surface area contributed by atoms with Crippen molar-refractivity contribution < 1.29 is 0 Å². The van der Waals surface area contributed by atoms with E-state index >= 15 is 0 Å². The molecule has 1 saturated heterocycles. The van der Waals surface area contributed by atoms with E-state index in [-0.39, 0.29) is 0 Å². The molecule has 3 atom stereocenters. The van der Waals surface area contributed by atoms with Crippen molar-refractivity contribution in [3.05, 3.63) is 0 Å². The highest BCUT2D eigenvalue weighted by molar-refractivity contribution is 4.98. The molecule has 0 aromatic carbocycles. The molecule has 0 bridgehead atoms. The predicted octanol–water partition coefficient (Wildman–Crippen LogP) is 3.42. The average Bonchev–Trinajstić information content (AvgIpc) is 2.67. The molecule has 0 radical (unpaired) electrons. The molecule has 0 aromatic heterocycles. The highest BCUT2D eigenvalue weighted by Crippen LogP contribution is 2.37. The molecule has 2 fully saturated rings. The standard InChI is InChI=1S/C16H32N2/c1-5-10-17-14-8-7-13(2)12-15(14)18-11-6-9-16(18,3)4/h13-15,17H,5-12H2,1-4H3. The zero-order chi connectivity index (χ0) is 13.2. The number of hydrogen-bond acceptors (Lipinski definition) is 2. The van der Waals surface area contributed by atoms with E-state index in [1.807, 2.05) is 0 Å². The van der Waals surface area contributed by atoms with Gasteiger partial charge < -0.3 is 5.32 Å². The molecule has 2 heteroatoms. The van der Waals surface area contributed by atoms with Crippen LogP contribution in [0.25, 0.3) is 0 Å². The van der Waals surface area contributed by atoms with E-state index in [1.54, 1.807) is 0 Å². The molecule has 18 heavy (non-hydrogen) atoms. The van der Waals surface area contributed by atoms with Gasteiger partial charge in [-0.05, 0) is 71.4 Å². The van der Waals surface area contributed by atoms with E-state index in [4.69, 9.17) is 0 Å². The second-order valence-corrected chi connectivity index (χ2v) is 7.16. The first-order valence-electron chi connectivity index (χ1n) is 8.04. The Morgan fingerprint density at radius 3 is 2.67 bits per heavy atom. The van der Waals surface area contributed by atoms with Crippen LogP contribution in [0.15, 0.2) is 0 Å². The molecule has 0 aromatic rings. The van der Waals surface area contributed by atoms with E-state index in [1.165, 1.54) is 51.6 Å². The molecule has 2 aliphatic rings. The maximum absolute atomic E-state index is 3.81. The van der Waals surface area contributed by atoms with Crippen LogP contribution < -0.4 is 5.32 Å². The first kappa shape index (κ1) is 14.3. The zero-order valence-electron chi connectivity index (χ0n) is 12.8. The van der Waals surface area contributed by atoms with E-state index in [9.17, 15) is 0 Å². The second kappa shape index (κ2) is 5.92. The largest absolute Gasteiger partial charge is 0.312 e. The quantitative estimate of drug-likeness (QED) is 0.825. The van der Waals surface area contributed by atoms with E-state index in [0.717, 1.165) is 18.0 Å². The molecule has 0 spiro atoms. The van der Waals surface area contributed by atoms with Crippen molar-refractivity contribution in [3.8, 4) is 0 Å². The van der Waals surface area contributed by atoms with Crippen molar-refractivity contribution in [2.24, 2.45) is 5.92 Å². The Bertz CT molecular complexity index is 260. The summed E-state index contributed by atoms with van der Waals surface area (Å²) in [4.78, 5) is 2.82. The maximum Gasteiger partial charge on any atom is 0.0257 e. The van der Waals surface area contributed by atoms with Gasteiger partial charge in [-0.25, -0.2) is 0 Å². The summed E-state index contributed by atoms with van der Waals surface area (Å²) in [6.45, 7) is 12.1. The summed E-state index contributed by atoms with van der Waals surface area (Å²) in [5.41, 5.74) is 0.424. The Morgan fingerprint density at radius 1 is 1.28 bits per heavy atom. The molecule has 1 saturated carbocycles. The van der Waals surface area contributed by atoms with Gasteiger partial charge in [0.1, 0.15) is 0 Å². The van der Waals surface area contributed by atoms with Crippen LogP contribution in [-0.4, -0.2) is 35.6 Å². The van der Waals surface area contributed by atoms with Crippen LogP contribution in [0, 0.1) is 5.92 Å². The highest BCUT2D eigenvalue weighted by atomic mass is 15.3. The Hall–Kier alpha value is -0.0800. The van der Waals surface area contributed by atoms with Gasteiger partial charge in [0.15, 0.2) is 0 Å². The fourth-order valence-corrected chi connectivity index (χ4v) is 4.01. The Kier molecular flexibility index (Phi) is 4.71. The molecule has 1 aliphatic carbocycles. The lowest BCUT2D eigenvalue weighted by Gasteiger charge is -2.46. The predicted molar refractivity (Wildman–Crippen MR) is 78.9 cm³/mol. The third kappa shape index (κ3) is 3.08. The molecule has 1 N–H and O–H groups in total. The van der Waals surface area contributed by atoms with Gasteiger partial charge in [-0.2, -0.15) is 0 Å². The first-order valence-corrected chi connectivity index (χ1v) is 8.04. The van der Waals surface area contributed by atoms with E-state index < -0.39 is 0 Å². The Balaban J connectivity index is 2.04. The normalized spacial score (nSPS) is 37.0. The molecule has 3 unspecified atom stereocenters. The van der Waals surface area contributed by atoms with E-state index in [0.29, 0.717) is 5.54 Å². The minimum atomic E-state index is 0.424. The zero-order valence-corrected chi connectivity index (χ0v) is 12.8. The maximum atomic E-state index is 3.81. The fraction of sp³-hybridized carbons (Fsp3) is 1.00. The summed E-state index contributed by atoms with van der Waals surface area (Å²) >= 11 is 0. The third-order valence-corrected chi connectivity index (χ3v) is 5.10. The molecular weight excluding hydrogens is 220 g/mol. The van der Waals surface area contributed by atoms with Gasteiger partial charge in [0.25, 0.3) is 0 Å². The van der Waals surface area contributed by atoms with Crippen LogP contribution in [0.1, 0.15) is 66.2 Å². The van der Waals surface area contributed by atoms with Crippen LogP contribution in [0.4, 0.5) is 0 Å². The molecular formula is C16H32N2. The fourth-order valence-electron chi connectivity index (χ4n) is 4.01. The van der Waals surface area contributed by atoms with Gasteiger partial charge in [0, 0.05) is 17.6 Å². The lowest BCUT2D eigenvalue weighted by atomic mass is 9.81. The number of likely N-dealkylation sites (tertiary alicyclic amines) is 1.